The standard InChI is InChI=1S/C17H14Br2N2O/c1-10-2-4-13-12(8-10)16-20-6-7-21(16)17(13,22)11-3-5-14(18)15(19)9-11/h2-5,8-9,22H,6-7H2,1H3. The molecule has 1 N–H and O–H groups in total. The fraction of sp³-hybridized carbons (Fsp3) is 0.235. The SMILES string of the molecule is Cc1ccc2c(c1)C1=NCCN1C2(O)c1ccc(Br)c(Br)c1. The van der Waals surface area contributed by atoms with Gasteiger partial charge in [0.15, 0.2) is 5.72 Å². The number of nitrogens with zero attached hydrogens (tertiary/aromatic N) is 2. The molecular formula is C17H14Br2N2O. The first-order valence-corrected chi connectivity index (χ1v) is 8.72. The second-order valence-electron chi connectivity index (χ2n) is 5.71. The van der Waals surface area contributed by atoms with Gasteiger partial charge in [0.05, 0.1) is 6.54 Å². The smallest absolute Gasteiger partial charge is 0.193 e. The van der Waals surface area contributed by atoms with Crippen molar-refractivity contribution >= 4 is 37.7 Å². The van der Waals surface area contributed by atoms with Crippen LogP contribution in [0.15, 0.2) is 50.3 Å². The van der Waals surface area contributed by atoms with E-state index in [4.69, 9.17) is 0 Å². The molecule has 2 aliphatic heterocycles. The summed E-state index contributed by atoms with van der Waals surface area (Å²) in [6, 6.07) is 12.0. The van der Waals surface area contributed by atoms with E-state index in [2.05, 4.69) is 49.8 Å². The van der Waals surface area contributed by atoms with Gasteiger partial charge in [0.1, 0.15) is 5.84 Å². The molecule has 0 aromatic heterocycles. The van der Waals surface area contributed by atoms with E-state index in [0.29, 0.717) is 0 Å². The van der Waals surface area contributed by atoms with Crippen molar-refractivity contribution in [2.24, 2.45) is 4.99 Å². The summed E-state index contributed by atoms with van der Waals surface area (Å²) in [6.45, 7) is 3.52. The van der Waals surface area contributed by atoms with Gasteiger partial charge in [0.25, 0.3) is 0 Å². The quantitative estimate of drug-likeness (QED) is 0.760. The Balaban J connectivity index is 1.98. The van der Waals surface area contributed by atoms with E-state index in [-0.39, 0.29) is 0 Å². The third-order valence-electron chi connectivity index (χ3n) is 4.35. The minimum atomic E-state index is -1.15. The summed E-state index contributed by atoms with van der Waals surface area (Å²) in [5.74, 6) is 0.903. The number of aliphatic hydroxyl groups is 1. The van der Waals surface area contributed by atoms with Gasteiger partial charge in [0, 0.05) is 32.2 Å². The zero-order chi connectivity index (χ0) is 15.5. The molecule has 1 unspecified atom stereocenters. The molecule has 2 aliphatic rings. The molecule has 2 heterocycles. The largest absolute Gasteiger partial charge is 0.363 e. The molecule has 5 heteroatoms. The first-order valence-electron chi connectivity index (χ1n) is 7.13. The highest BCUT2D eigenvalue weighted by molar-refractivity contribution is 9.13. The van der Waals surface area contributed by atoms with E-state index in [9.17, 15) is 5.11 Å². The second kappa shape index (κ2) is 4.91. The molecule has 0 amide bonds. The van der Waals surface area contributed by atoms with Gasteiger partial charge in [-0.3, -0.25) is 4.99 Å². The molecule has 0 spiro atoms. The molecule has 0 fully saturated rings. The summed E-state index contributed by atoms with van der Waals surface area (Å²) in [4.78, 5) is 6.61. The lowest BCUT2D eigenvalue weighted by Gasteiger charge is -2.34. The normalized spacial score (nSPS) is 22.5. The van der Waals surface area contributed by atoms with Crippen molar-refractivity contribution in [3.05, 3.63) is 67.6 Å². The fourth-order valence-electron chi connectivity index (χ4n) is 3.31. The van der Waals surface area contributed by atoms with Crippen LogP contribution in [0.4, 0.5) is 0 Å². The number of hydrogen-bond acceptors (Lipinski definition) is 3. The third-order valence-corrected chi connectivity index (χ3v) is 6.22. The van der Waals surface area contributed by atoms with E-state index >= 15 is 0 Å². The Morgan fingerprint density at radius 2 is 1.95 bits per heavy atom. The molecule has 0 saturated heterocycles. The minimum Gasteiger partial charge on any atom is -0.363 e. The Hall–Kier alpha value is -1.17. The van der Waals surface area contributed by atoms with E-state index in [0.717, 1.165) is 44.6 Å². The van der Waals surface area contributed by atoms with Crippen molar-refractivity contribution in [3.63, 3.8) is 0 Å². The highest BCUT2D eigenvalue weighted by Crippen LogP contribution is 2.45. The van der Waals surface area contributed by atoms with Gasteiger partial charge >= 0.3 is 0 Å². The van der Waals surface area contributed by atoms with Gasteiger partial charge in [-0.15, -0.1) is 0 Å². The Labute approximate surface area is 145 Å². The molecule has 0 saturated carbocycles. The van der Waals surface area contributed by atoms with E-state index in [1.165, 1.54) is 5.56 Å². The molecule has 0 radical (unpaired) electrons. The Bertz CT molecular complexity index is 818. The lowest BCUT2D eigenvalue weighted by atomic mass is 9.93. The maximum atomic E-state index is 11.6. The van der Waals surface area contributed by atoms with Crippen LogP contribution >= 0.6 is 31.9 Å². The van der Waals surface area contributed by atoms with Crippen LogP contribution < -0.4 is 0 Å². The van der Waals surface area contributed by atoms with Crippen LogP contribution in [-0.4, -0.2) is 28.9 Å². The van der Waals surface area contributed by atoms with Crippen molar-refractivity contribution < 1.29 is 5.11 Å². The first-order chi connectivity index (χ1) is 10.5. The van der Waals surface area contributed by atoms with Crippen LogP contribution in [0, 0.1) is 6.92 Å². The molecule has 22 heavy (non-hydrogen) atoms. The van der Waals surface area contributed by atoms with Gasteiger partial charge in [-0.05, 0) is 57.0 Å². The number of aliphatic imine (C=N–C) groups is 1. The van der Waals surface area contributed by atoms with Crippen molar-refractivity contribution in [1.29, 1.82) is 0 Å². The third kappa shape index (κ3) is 1.85. The highest BCUT2D eigenvalue weighted by atomic mass is 79.9. The van der Waals surface area contributed by atoms with E-state index in [1.807, 2.05) is 35.2 Å². The summed E-state index contributed by atoms with van der Waals surface area (Å²) in [5.41, 5.74) is 2.82. The Kier molecular flexibility index (Phi) is 3.22. The lowest BCUT2D eigenvalue weighted by Crippen LogP contribution is -2.43. The van der Waals surface area contributed by atoms with Crippen LogP contribution in [0.3, 0.4) is 0 Å². The van der Waals surface area contributed by atoms with E-state index < -0.39 is 5.72 Å². The van der Waals surface area contributed by atoms with Crippen molar-refractivity contribution in [2.75, 3.05) is 13.1 Å². The van der Waals surface area contributed by atoms with Crippen molar-refractivity contribution in [3.8, 4) is 0 Å². The zero-order valence-electron chi connectivity index (χ0n) is 12.0. The molecular weight excluding hydrogens is 408 g/mol. The molecule has 3 nitrogen and oxygen atoms in total. The topological polar surface area (TPSA) is 35.8 Å². The van der Waals surface area contributed by atoms with Crippen molar-refractivity contribution in [2.45, 2.75) is 12.6 Å². The summed E-state index contributed by atoms with van der Waals surface area (Å²) in [6.07, 6.45) is 0. The number of halogens is 2. The number of fused-ring (bicyclic) bond motifs is 3. The van der Waals surface area contributed by atoms with Gasteiger partial charge in [-0.2, -0.15) is 0 Å². The molecule has 4 rings (SSSR count). The average molecular weight is 422 g/mol. The molecule has 1 atom stereocenters. The predicted octanol–water partition coefficient (Wildman–Crippen LogP) is 3.79. The average Bonchev–Trinajstić information content (AvgIpc) is 3.06. The number of amidine groups is 1. The van der Waals surface area contributed by atoms with Crippen LogP contribution in [0.25, 0.3) is 0 Å². The maximum Gasteiger partial charge on any atom is 0.193 e. The molecule has 112 valence electrons. The Morgan fingerprint density at radius 3 is 2.73 bits per heavy atom. The molecule has 2 aromatic carbocycles. The van der Waals surface area contributed by atoms with Gasteiger partial charge in [0.2, 0.25) is 0 Å². The number of aryl methyl sites for hydroxylation is 1. The summed E-state index contributed by atoms with van der Waals surface area (Å²) in [5, 5.41) is 11.6. The number of hydrogen-bond donors (Lipinski definition) is 1. The van der Waals surface area contributed by atoms with E-state index in [1.54, 1.807) is 0 Å². The lowest BCUT2D eigenvalue weighted by molar-refractivity contribution is -0.0243. The van der Waals surface area contributed by atoms with Crippen LogP contribution in [0.5, 0.6) is 0 Å². The van der Waals surface area contributed by atoms with Gasteiger partial charge < -0.3 is 10.0 Å². The van der Waals surface area contributed by atoms with Crippen LogP contribution in [0.2, 0.25) is 0 Å². The summed E-state index contributed by atoms with van der Waals surface area (Å²) in [7, 11) is 0. The molecule has 0 aliphatic carbocycles. The van der Waals surface area contributed by atoms with Crippen LogP contribution in [0.1, 0.15) is 22.3 Å². The van der Waals surface area contributed by atoms with Crippen LogP contribution in [-0.2, 0) is 5.72 Å². The summed E-state index contributed by atoms with van der Waals surface area (Å²) >= 11 is 7.02. The van der Waals surface area contributed by atoms with Gasteiger partial charge in [-0.25, -0.2) is 0 Å². The predicted molar refractivity (Wildman–Crippen MR) is 94.1 cm³/mol. The Morgan fingerprint density at radius 1 is 1.14 bits per heavy atom. The van der Waals surface area contributed by atoms with Crippen molar-refractivity contribution in [1.82, 2.24) is 4.90 Å². The number of rotatable bonds is 1. The number of benzene rings is 2. The second-order valence-corrected chi connectivity index (χ2v) is 7.42. The summed E-state index contributed by atoms with van der Waals surface area (Å²) < 4.78 is 1.90. The maximum absolute atomic E-state index is 11.6. The minimum absolute atomic E-state index is 0.725. The first kappa shape index (κ1) is 14.4. The van der Waals surface area contributed by atoms with Gasteiger partial charge in [-0.1, -0.05) is 23.8 Å². The highest BCUT2D eigenvalue weighted by Gasteiger charge is 2.49. The fourth-order valence-corrected chi connectivity index (χ4v) is 3.94. The zero-order valence-corrected chi connectivity index (χ0v) is 15.1. The molecule has 0 bridgehead atoms. The molecule has 2 aromatic rings. The monoisotopic (exact) mass is 420 g/mol.